The molecule has 0 atom stereocenters. The van der Waals surface area contributed by atoms with Gasteiger partial charge in [0.25, 0.3) is 0 Å². The monoisotopic (exact) mass is 419 g/mol. The lowest BCUT2D eigenvalue weighted by Crippen LogP contribution is -2.23. The van der Waals surface area contributed by atoms with Gasteiger partial charge in [-0.2, -0.15) is 5.10 Å². The smallest absolute Gasteiger partial charge is 0.244 e. The van der Waals surface area contributed by atoms with Crippen molar-refractivity contribution in [1.82, 2.24) is 14.5 Å². The predicted octanol–water partition coefficient (Wildman–Crippen LogP) is 4.03. The van der Waals surface area contributed by atoms with Crippen LogP contribution in [0.2, 0.25) is 0 Å². The molecule has 0 radical (unpaired) electrons. The van der Waals surface area contributed by atoms with Crippen LogP contribution in [-0.2, 0) is 16.6 Å². The predicted molar refractivity (Wildman–Crippen MR) is 116 cm³/mol. The Morgan fingerprint density at radius 2 is 1.63 bits per heavy atom. The van der Waals surface area contributed by atoms with Crippen molar-refractivity contribution in [3.8, 4) is 22.7 Å². The number of aromatic nitrogens is 2. The Kier molecular flexibility index (Phi) is 5.65. The van der Waals surface area contributed by atoms with Crippen LogP contribution in [0.1, 0.15) is 5.56 Å². The molecule has 0 spiro atoms. The maximum Gasteiger partial charge on any atom is 0.244 e. The molecule has 1 N–H and O–H groups in total. The van der Waals surface area contributed by atoms with Gasteiger partial charge in [0.1, 0.15) is 16.3 Å². The third-order valence-electron chi connectivity index (χ3n) is 4.64. The number of methoxy groups -OCH3 is 1. The fourth-order valence-electron chi connectivity index (χ4n) is 3.10. The van der Waals surface area contributed by atoms with Crippen LogP contribution >= 0.6 is 0 Å². The van der Waals surface area contributed by atoms with E-state index >= 15 is 0 Å². The lowest BCUT2D eigenvalue weighted by atomic mass is 10.2. The minimum atomic E-state index is -3.82. The SMILES string of the molecule is COc1cccc(CNS(=O)(=O)c2cn(-c3ccccc3)nc2-c2ccccc2)c1. The quantitative estimate of drug-likeness (QED) is 0.491. The second-order valence-corrected chi connectivity index (χ2v) is 8.40. The van der Waals surface area contributed by atoms with Gasteiger partial charge in [-0.05, 0) is 29.8 Å². The zero-order valence-electron chi connectivity index (χ0n) is 16.4. The summed E-state index contributed by atoms with van der Waals surface area (Å²) in [4.78, 5) is 0.125. The minimum Gasteiger partial charge on any atom is -0.497 e. The Bertz CT molecular complexity index is 1240. The maximum absolute atomic E-state index is 13.2. The fourth-order valence-corrected chi connectivity index (χ4v) is 4.27. The average molecular weight is 420 g/mol. The van der Waals surface area contributed by atoms with Crippen molar-refractivity contribution in [2.75, 3.05) is 7.11 Å². The summed E-state index contributed by atoms with van der Waals surface area (Å²) in [6.45, 7) is 0.143. The van der Waals surface area contributed by atoms with Gasteiger partial charge in [0.2, 0.25) is 10.0 Å². The Labute approximate surface area is 175 Å². The summed E-state index contributed by atoms with van der Waals surface area (Å²) in [6.07, 6.45) is 1.55. The molecule has 0 aliphatic heterocycles. The average Bonchev–Trinajstić information content (AvgIpc) is 3.26. The van der Waals surface area contributed by atoms with Crippen molar-refractivity contribution in [3.63, 3.8) is 0 Å². The lowest BCUT2D eigenvalue weighted by molar-refractivity contribution is 0.414. The molecule has 0 saturated carbocycles. The van der Waals surface area contributed by atoms with Crippen LogP contribution in [0, 0.1) is 0 Å². The van der Waals surface area contributed by atoms with E-state index in [2.05, 4.69) is 9.82 Å². The summed E-state index contributed by atoms with van der Waals surface area (Å²) >= 11 is 0. The highest BCUT2D eigenvalue weighted by Gasteiger charge is 2.24. The molecule has 0 saturated heterocycles. The fraction of sp³-hybridized carbons (Fsp3) is 0.0870. The number of ether oxygens (including phenoxy) is 1. The minimum absolute atomic E-state index is 0.125. The molecule has 0 fully saturated rings. The first kappa shape index (κ1) is 19.9. The zero-order chi connectivity index (χ0) is 21.0. The summed E-state index contributed by atoms with van der Waals surface area (Å²) in [7, 11) is -2.24. The molecular formula is C23H21N3O3S. The zero-order valence-corrected chi connectivity index (χ0v) is 17.2. The number of nitrogens with zero attached hydrogens (tertiary/aromatic N) is 2. The van der Waals surface area contributed by atoms with Gasteiger partial charge in [0.05, 0.1) is 19.0 Å². The lowest BCUT2D eigenvalue weighted by Gasteiger charge is -2.08. The molecule has 0 unspecified atom stereocenters. The van der Waals surface area contributed by atoms with Gasteiger partial charge in [-0.15, -0.1) is 0 Å². The molecule has 4 rings (SSSR count). The molecule has 1 aromatic heterocycles. The number of rotatable bonds is 7. The van der Waals surface area contributed by atoms with Gasteiger partial charge in [-0.1, -0.05) is 60.7 Å². The van der Waals surface area contributed by atoms with E-state index in [1.54, 1.807) is 24.1 Å². The maximum atomic E-state index is 13.2. The number of hydrogen-bond acceptors (Lipinski definition) is 4. The highest BCUT2D eigenvalue weighted by molar-refractivity contribution is 7.89. The normalized spacial score (nSPS) is 11.4. The van der Waals surface area contributed by atoms with Crippen molar-refractivity contribution >= 4 is 10.0 Å². The number of nitrogens with one attached hydrogen (secondary N) is 1. The van der Waals surface area contributed by atoms with Crippen LogP contribution in [0.25, 0.3) is 16.9 Å². The number of sulfonamides is 1. The van der Waals surface area contributed by atoms with Gasteiger partial charge in [0.15, 0.2) is 0 Å². The van der Waals surface area contributed by atoms with E-state index in [1.165, 1.54) is 0 Å². The summed E-state index contributed by atoms with van der Waals surface area (Å²) in [5.41, 5.74) is 2.71. The van der Waals surface area contributed by atoms with E-state index in [9.17, 15) is 8.42 Å². The van der Waals surface area contributed by atoms with Gasteiger partial charge < -0.3 is 4.74 Å². The Morgan fingerprint density at radius 1 is 0.933 bits per heavy atom. The molecule has 7 heteroatoms. The molecule has 0 aliphatic rings. The molecule has 4 aromatic rings. The largest absolute Gasteiger partial charge is 0.497 e. The van der Waals surface area contributed by atoms with E-state index in [0.29, 0.717) is 11.4 Å². The van der Waals surface area contributed by atoms with E-state index in [-0.39, 0.29) is 11.4 Å². The third-order valence-corrected chi connectivity index (χ3v) is 6.04. The summed E-state index contributed by atoms with van der Waals surface area (Å²) in [5, 5.41) is 4.58. The third kappa shape index (κ3) is 4.27. The van der Waals surface area contributed by atoms with Gasteiger partial charge in [0, 0.05) is 12.1 Å². The van der Waals surface area contributed by atoms with Crippen molar-refractivity contribution in [1.29, 1.82) is 0 Å². The summed E-state index contributed by atoms with van der Waals surface area (Å²) in [5.74, 6) is 0.675. The molecule has 0 amide bonds. The molecule has 1 heterocycles. The van der Waals surface area contributed by atoms with Crippen LogP contribution in [-0.4, -0.2) is 25.3 Å². The van der Waals surface area contributed by atoms with E-state index in [0.717, 1.165) is 16.8 Å². The first-order valence-electron chi connectivity index (χ1n) is 9.40. The van der Waals surface area contributed by atoms with Gasteiger partial charge in [-0.3, -0.25) is 0 Å². The van der Waals surface area contributed by atoms with Crippen LogP contribution < -0.4 is 9.46 Å². The van der Waals surface area contributed by atoms with E-state index < -0.39 is 10.0 Å². The number of hydrogen-bond donors (Lipinski definition) is 1. The number of benzene rings is 3. The second-order valence-electron chi connectivity index (χ2n) is 6.66. The van der Waals surface area contributed by atoms with Crippen LogP contribution in [0.5, 0.6) is 5.75 Å². The molecule has 3 aromatic carbocycles. The summed E-state index contributed by atoms with van der Waals surface area (Å²) in [6, 6.07) is 26.0. The van der Waals surface area contributed by atoms with Crippen LogP contribution in [0.4, 0.5) is 0 Å². The van der Waals surface area contributed by atoms with Crippen LogP contribution in [0.15, 0.2) is 96.0 Å². The second kappa shape index (κ2) is 8.52. The van der Waals surface area contributed by atoms with Crippen LogP contribution in [0.3, 0.4) is 0 Å². The van der Waals surface area contributed by atoms with Gasteiger partial charge in [-0.25, -0.2) is 17.8 Å². The molecular weight excluding hydrogens is 398 g/mol. The standard InChI is InChI=1S/C23H21N3O3S/c1-29-21-14-8-9-18(15-21)16-24-30(27,28)22-17-26(20-12-6-3-7-13-20)25-23(22)19-10-4-2-5-11-19/h2-15,17,24H,16H2,1H3. The van der Waals surface area contributed by atoms with Crippen molar-refractivity contribution < 1.29 is 13.2 Å². The molecule has 30 heavy (non-hydrogen) atoms. The Balaban J connectivity index is 1.71. The van der Waals surface area contributed by atoms with Crippen molar-refractivity contribution in [2.24, 2.45) is 0 Å². The highest BCUT2D eigenvalue weighted by atomic mass is 32.2. The van der Waals surface area contributed by atoms with E-state index in [1.807, 2.05) is 78.9 Å². The highest BCUT2D eigenvalue weighted by Crippen LogP contribution is 2.27. The number of para-hydroxylation sites is 1. The Hall–Kier alpha value is -3.42. The topological polar surface area (TPSA) is 73.2 Å². The molecule has 6 nitrogen and oxygen atoms in total. The first-order valence-corrected chi connectivity index (χ1v) is 10.9. The van der Waals surface area contributed by atoms with Crippen molar-refractivity contribution in [2.45, 2.75) is 11.4 Å². The van der Waals surface area contributed by atoms with E-state index in [4.69, 9.17) is 4.74 Å². The molecule has 152 valence electrons. The molecule has 0 bridgehead atoms. The Morgan fingerprint density at radius 3 is 2.33 bits per heavy atom. The molecule has 0 aliphatic carbocycles. The first-order chi connectivity index (χ1) is 14.6. The van der Waals surface area contributed by atoms with Gasteiger partial charge >= 0.3 is 0 Å². The van der Waals surface area contributed by atoms with Crippen molar-refractivity contribution in [3.05, 3.63) is 96.7 Å². The summed E-state index contributed by atoms with van der Waals surface area (Å²) < 4.78 is 35.9.